The van der Waals surface area contributed by atoms with Crippen molar-refractivity contribution in [1.29, 1.82) is 0 Å². The van der Waals surface area contributed by atoms with Gasteiger partial charge in [0.15, 0.2) is 5.75 Å². The summed E-state index contributed by atoms with van der Waals surface area (Å²) in [5.74, 6) is 1.08. The number of nitrogens with zero attached hydrogens (tertiary/aromatic N) is 5. The molecule has 0 aliphatic carbocycles. The SMILES string of the molecule is COC1CCN(CCOc2cc3ncnc(Nc4ccc(OCc5ccccn5)c(Cl)c4)c3cc2[N+](=O)[O-])CC1. The predicted molar refractivity (Wildman–Crippen MR) is 151 cm³/mol. The predicted octanol–water partition coefficient (Wildman–Crippen LogP) is 5.40. The average molecular weight is 565 g/mol. The molecule has 208 valence electrons. The first kappa shape index (κ1) is 27.5. The normalized spacial score (nSPS) is 14.2. The van der Waals surface area contributed by atoms with Crippen molar-refractivity contribution >= 4 is 39.7 Å². The molecule has 1 saturated heterocycles. The lowest BCUT2D eigenvalue weighted by Gasteiger charge is -2.30. The molecule has 4 aromatic rings. The summed E-state index contributed by atoms with van der Waals surface area (Å²) in [6.07, 6.45) is 5.32. The summed E-state index contributed by atoms with van der Waals surface area (Å²) >= 11 is 6.45. The second-order valence-electron chi connectivity index (χ2n) is 9.32. The number of nitrogens with one attached hydrogen (secondary N) is 1. The van der Waals surface area contributed by atoms with Gasteiger partial charge in [-0.25, -0.2) is 9.97 Å². The number of anilines is 2. The number of benzene rings is 2. The Morgan fingerprint density at radius 2 is 1.93 bits per heavy atom. The van der Waals surface area contributed by atoms with Gasteiger partial charge in [0.05, 0.1) is 32.6 Å². The molecular weight excluding hydrogens is 536 g/mol. The second-order valence-corrected chi connectivity index (χ2v) is 9.73. The minimum atomic E-state index is -0.458. The van der Waals surface area contributed by atoms with Crippen LogP contribution in [0.2, 0.25) is 5.02 Å². The van der Waals surface area contributed by atoms with E-state index in [2.05, 4.69) is 25.2 Å². The molecule has 0 atom stereocenters. The maximum atomic E-state index is 11.9. The van der Waals surface area contributed by atoms with Crippen molar-refractivity contribution in [3.8, 4) is 11.5 Å². The highest BCUT2D eigenvalue weighted by Gasteiger charge is 2.21. The summed E-state index contributed by atoms with van der Waals surface area (Å²) < 4.78 is 17.1. The highest BCUT2D eigenvalue weighted by atomic mass is 35.5. The van der Waals surface area contributed by atoms with E-state index in [0.717, 1.165) is 31.6 Å². The Morgan fingerprint density at radius 3 is 2.65 bits per heavy atom. The van der Waals surface area contributed by atoms with E-state index >= 15 is 0 Å². The Kier molecular flexibility index (Phi) is 8.84. The molecule has 2 aromatic carbocycles. The van der Waals surface area contributed by atoms with Crippen molar-refractivity contribution in [3.05, 3.63) is 81.9 Å². The van der Waals surface area contributed by atoms with Crippen LogP contribution in [0.1, 0.15) is 18.5 Å². The number of nitro benzene ring substituents is 1. The summed E-state index contributed by atoms with van der Waals surface area (Å²) in [6, 6.07) is 13.8. The molecule has 0 amide bonds. The number of halogens is 1. The first-order chi connectivity index (χ1) is 19.5. The van der Waals surface area contributed by atoms with Crippen LogP contribution in [0.15, 0.2) is 61.1 Å². The Labute approximate surface area is 236 Å². The minimum absolute atomic E-state index is 0.153. The number of methoxy groups -OCH3 is 1. The number of pyridine rings is 1. The third kappa shape index (κ3) is 6.74. The fourth-order valence-corrected chi connectivity index (χ4v) is 4.79. The zero-order valence-electron chi connectivity index (χ0n) is 22.0. The summed E-state index contributed by atoms with van der Waals surface area (Å²) in [7, 11) is 1.73. The quantitative estimate of drug-likeness (QED) is 0.187. The molecule has 3 heterocycles. The number of likely N-dealkylation sites (tertiary alicyclic amines) is 1. The summed E-state index contributed by atoms with van der Waals surface area (Å²) in [6.45, 7) is 3.10. The molecule has 11 nitrogen and oxygen atoms in total. The van der Waals surface area contributed by atoms with Crippen molar-refractivity contribution in [1.82, 2.24) is 19.9 Å². The maximum Gasteiger partial charge on any atom is 0.311 e. The van der Waals surface area contributed by atoms with Gasteiger partial charge >= 0.3 is 5.69 Å². The Bertz CT molecular complexity index is 1470. The Morgan fingerprint density at radius 1 is 1.07 bits per heavy atom. The topological polar surface area (TPSA) is 125 Å². The molecule has 0 saturated carbocycles. The first-order valence-corrected chi connectivity index (χ1v) is 13.3. The van der Waals surface area contributed by atoms with Gasteiger partial charge in [-0.3, -0.25) is 20.0 Å². The summed E-state index contributed by atoms with van der Waals surface area (Å²) in [5, 5.41) is 16.0. The van der Waals surface area contributed by atoms with Gasteiger partial charge in [-0.1, -0.05) is 17.7 Å². The van der Waals surface area contributed by atoms with Crippen LogP contribution in [-0.2, 0) is 11.3 Å². The summed E-state index contributed by atoms with van der Waals surface area (Å²) in [5.41, 5.74) is 1.78. The van der Waals surface area contributed by atoms with Gasteiger partial charge in [0, 0.05) is 50.8 Å². The van der Waals surface area contributed by atoms with E-state index in [1.54, 1.807) is 37.6 Å². The fourth-order valence-electron chi connectivity index (χ4n) is 4.55. The van der Waals surface area contributed by atoms with Crippen LogP contribution in [0.3, 0.4) is 0 Å². The van der Waals surface area contributed by atoms with Crippen molar-refractivity contribution in [3.63, 3.8) is 0 Å². The van der Waals surface area contributed by atoms with Gasteiger partial charge < -0.3 is 19.5 Å². The lowest BCUT2D eigenvalue weighted by molar-refractivity contribution is -0.385. The molecule has 0 spiro atoms. The molecule has 40 heavy (non-hydrogen) atoms. The summed E-state index contributed by atoms with van der Waals surface area (Å²) in [4.78, 5) is 26.6. The lowest BCUT2D eigenvalue weighted by Crippen LogP contribution is -2.38. The van der Waals surface area contributed by atoms with Crippen LogP contribution in [0, 0.1) is 10.1 Å². The van der Waals surface area contributed by atoms with E-state index in [-0.39, 0.29) is 18.0 Å². The number of hydrogen-bond donors (Lipinski definition) is 1. The van der Waals surface area contributed by atoms with Crippen LogP contribution in [0.25, 0.3) is 10.9 Å². The van der Waals surface area contributed by atoms with Crippen molar-refractivity contribution in [2.24, 2.45) is 0 Å². The molecule has 2 aromatic heterocycles. The standard InChI is InChI=1S/C28H29ClN6O5/c1-38-21-7-10-34(11-8-21)12-13-39-27-16-24-22(15-25(27)35(36)37)28(32-18-31-24)33-19-5-6-26(23(29)14-19)40-17-20-4-2-3-9-30-20/h2-6,9,14-16,18,21H,7-8,10-13,17H2,1H3,(H,31,32,33). The van der Waals surface area contributed by atoms with Gasteiger partial charge in [-0.15, -0.1) is 0 Å². The van der Waals surface area contributed by atoms with E-state index in [1.165, 1.54) is 12.4 Å². The van der Waals surface area contributed by atoms with Gasteiger partial charge in [0.1, 0.15) is 31.1 Å². The molecule has 0 radical (unpaired) electrons. The number of ether oxygens (including phenoxy) is 3. The highest BCUT2D eigenvalue weighted by molar-refractivity contribution is 6.32. The van der Waals surface area contributed by atoms with Crippen molar-refractivity contribution in [2.75, 3.05) is 38.7 Å². The van der Waals surface area contributed by atoms with E-state index in [0.29, 0.717) is 52.4 Å². The molecule has 5 rings (SSSR count). The fraction of sp³-hybridized carbons (Fsp3) is 0.321. The third-order valence-electron chi connectivity index (χ3n) is 6.74. The van der Waals surface area contributed by atoms with E-state index in [1.807, 2.05) is 18.2 Å². The van der Waals surface area contributed by atoms with E-state index < -0.39 is 4.92 Å². The lowest BCUT2D eigenvalue weighted by atomic mass is 10.1. The molecule has 12 heteroatoms. The molecular formula is C28H29ClN6O5. The van der Waals surface area contributed by atoms with Crippen molar-refractivity contribution < 1.29 is 19.1 Å². The Balaban J connectivity index is 1.28. The van der Waals surface area contributed by atoms with Crippen LogP contribution in [-0.4, -0.2) is 64.2 Å². The zero-order chi connectivity index (χ0) is 27.9. The molecule has 1 aliphatic rings. The number of hydrogen-bond acceptors (Lipinski definition) is 10. The Hall–Kier alpha value is -4.06. The molecule has 0 unspecified atom stereocenters. The molecule has 1 N–H and O–H groups in total. The van der Waals surface area contributed by atoms with Crippen LogP contribution in [0.4, 0.5) is 17.2 Å². The first-order valence-electron chi connectivity index (χ1n) is 12.9. The van der Waals surface area contributed by atoms with Gasteiger partial charge in [-0.2, -0.15) is 0 Å². The smallest absolute Gasteiger partial charge is 0.311 e. The number of nitro groups is 1. The van der Waals surface area contributed by atoms with Gasteiger partial charge in [0.25, 0.3) is 0 Å². The van der Waals surface area contributed by atoms with Crippen LogP contribution in [0.5, 0.6) is 11.5 Å². The number of piperidine rings is 1. The van der Waals surface area contributed by atoms with Gasteiger partial charge in [0.2, 0.25) is 0 Å². The zero-order valence-corrected chi connectivity index (χ0v) is 22.7. The molecule has 0 bridgehead atoms. The van der Waals surface area contributed by atoms with Crippen molar-refractivity contribution in [2.45, 2.75) is 25.6 Å². The third-order valence-corrected chi connectivity index (χ3v) is 7.04. The number of fused-ring (bicyclic) bond motifs is 1. The van der Waals surface area contributed by atoms with E-state index in [4.69, 9.17) is 25.8 Å². The minimum Gasteiger partial charge on any atom is -0.486 e. The number of aromatic nitrogens is 3. The largest absolute Gasteiger partial charge is 0.486 e. The van der Waals surface area contributed by atoms with Crippen LogP contribution >= 0.6 is 11.6 Å². The van der Waals surface area contributed by atoms with E-state index in [9.17, 15) is 10.1 Å². The van der Waals surface area contributed by atoms with Crippen LogP contribution < -0.4 is 14.8 Å². The second kappa shape index (κ2) is 12.9. The molecule has 1 fully saturated rings. The van der Waals surface area contributed by atoms with Gasteiger partial charge in [-0.05, 0) is 43.2 Å². The highest BCUT2D eigenvalue weighted by Crippen LogP contribution is 2.36. The average Bonchev–Trinajstić information content (AvgIpc) is 2.97. The maximum absolute atomic E-state index is 11.9. The monoisotopic (exact) mass is 564 g/mol. The number of rotatable bonds is 11. The molecule has 1 aliphatic heterocycles.